The van der Waals surface area contributed by atoms with Gasteiger partial charge < -0.3 is 14.2 Å². The Morgan fingerprint density at radius 3 is 2.33 bits per heavy atom. The number of hydrogen-bond donors (Lipinski definition) is 0. The van der Waals surface area contributed by atoms with Crippen molar-refractivity contribution in [1.29, 1.82) is 0 Å². The van der Waals surface area contributed by atoms with E-state index in [1.54, 1.807) is 14.2 Å². The van der Waals surface area contributed by atoms with Crippen LogP contribution >= 0.6 is 22.6 Å². The van der Waals surface area contributed by atoms with E-state index < -0.39 is 0 Å². The summed E-state index contributed by atoms with van der Waals surface area (Å²) in [6.45, 7) is 6.60. The zero-order valence-corrected chi connectivity index (χ0v) is 15.8. The molecular weight excluding hydrogens is 379 g/mol. The maximum absolute atomic E-state index is 5.90. The first-order chi connectivity index (χ1) is 10.0. The van der Waals surface area contributed by atoms with Crippen LogP contribution in [-0.4, -0.2) is 24.9 Å². The molecule has 1 rings (SSSR count). The quantitative estimate of drug-likeness (QED) is 0.338. The number of methoxy groups -OCH3 is 2. The molecule has 0 spiro atoms. The van der Waals surface area contributed by atoms with Gasteiger partial charge in [0.2, 0.25) is 0 Å². The van der Waals surface area contributed by atoms with Crippen LogP contribution in [0.1, 0.15) is 32.8 Å². The summed E-state index contributed by atoms with van der Waals surface area (Å²) in [7, 11) is 3.33. The van der Waals surface area contributed by atoms with Gasteiger partial charge in [-0.25, -0.2) is 0 Å². The highest BCUT2D eigenvalue weighted by Crippen LogP contribution is 2.31. The van der Waals surface area contributed by atoms with Gasteiger partial charge in [0, 0.05) is 18.0 Å². The van der Waals surface area contributed by atoms with E-state index in [2.05, 4.69) is 48.6 Å². The van der Waals surface area contributed by atoms with Gasteiger partial charge in [0.25, 0.3) is 0 Å². The highest BCUT2D eigenvalue weighted by atomic mass is 127. The Hall–Kier alpha value is -0.490. The molecule has 0 fully saturated rings. The average molecular weight is 406 g/mol. The lowest BCUT2D eigenvalue weighted by atomic mass is 9.91. The number of ether oxygens (including phenoxy) is 3. The Kier molecular flexibility index (Phi) is 8.41. The number of hydrogen-bond acceptors (Lipinski definition) is 3. The average Bonchev–Trinajstić information content (AvgIpc) is 2.49. The third kappa shape index (κ3) is 5.66. The van der Waals surface area contributed by atoms with Gasteiger partial charge >= 0.3 is 0 Å². The number of benzene rings is 1. The third-order valence-electron chi connectivity index (χ3n) is 3.72. The second-order valence-corrected chi connectivity index (χ2v) is 6.42. The number of rotatable bonds is 9. The summed E-state index contributed by atoms with van der Waals surface area (Å²) in [5.41, 5.74) is 1.28. The summed E-state index contributed by atoms with van der Waals surface area (Å²) in [5.74, 6) is 2.87. The second kappa shape index (κ2) is 9.51. The van der Waals surface area contributed by atoms with Crippen LogP contribution in [0.4, 0.5) is 0 Å². The predicted octanol–water partition coefficient (Wildman–Crippen LogP) is 4.71. The molecule has 0 N–H and O–H groups in total. The lowest BCUT2D eigenvalue weighted by Gasteiger charge is -2.21. The smallest absolute Gasteiger partial charge is 0.199 e. The van der Waals surface area contributed by atoms with Crippen LogP contribution in [0.25, 0.3) is 0 Å². The fourth-order valence-electron chi connectivity index (χ4n) is 2.15. The van der Waals surface area contributed by atoms with Crippen LogP contribution in [0.3, 0.4) is 0 Å². The van der Waals surface area contributed by atoms with Crippen LogP contribution in [-0.2, 0) is 11.2 Å². The molecule has 4 heteroatoms. The van der Waals surface area contributed by atoms with E-state index in [1.807, 2.05) is 13.0 Å². The molecule has 1 aromatic rings. The molecule has 0 aliphatic heterocycles. The molecule has 0 aliphatic carbocycles. The lowest BCUT2D eigenvalue weighted by molar-refractivity contribution is -0.0560. The summed E-state index contributed by atoms with van der Waals surface area (Å²) in [4.78, 5) is 0. The Balaban J connectivity index is 2.93. The maximum Gasteiger partial charge on any atom is 0.199 e. The summed E-state index contributed by atoms with van der Waals surface area (Å²) >= 11 is 2.47. The first-order valence-electron chi connectivity index (χ1n) is 7.47. The van der Waals surface area contributed by atoms with Crippen molar-refractivity contribution in [2.75, 3.05) is 18.6 Å². The molecule has 0 saturated heterocycles. The monoisotopic (exact) mass is 406 g/mol. The molecule has 0 aliphatic rings. The predicted molar refractivity (Wildman–Crippen MR) is 95.6 cm³/mol. The van der Waals surface area contributed by atoms with E-state index in [-0.39, 0.29) is 6.29 Å². The minimum absolute atomic E-state index is 0.236. The fraction of sp³-hybridized carbons (Fsp3) is 0.647. The lowest BCUT2D eigenvalue weighted by Crippen LogP contribution is -2.18. The molecule has 0 amide bonds. The van der Waals surface area contributed by atoms with Gasteiger partial charge in [-0.3, -0.25) is 0 Å². The van der Waals surface area contributed by atoms with Crippen molar-refractivity contribution >= 4 is 22.6 Å². The minimum Gasteiger partial charge on any atom is -0.493 e. The standard InChI is InChI=1S/C17H27IO3/c1-6-17(20-5)21-16-10-13(7-8-15(16)19-4)9-14(11-18)12(2)3/h7-8,10,12,14,17H,6,9,11H2,1-5H3. The van der Waals surface area contributed by atoms with Crippen LogP contribution in [0.5, 0.6) is 11.5 Å². The summed E-state index contributed by atoms with van der Waals surface area (Å²) < 4.78 is 17.8. The molecule has 0 aromatic heterocycles. The van der Waals surface area contributed by atoms with Crippen LogP contribution in [0, 0.1) is 11.8 Å². The highest BCUT2D eigenvalue weighted by Gasteiger charge is 2.16. The number of halogens is 1. The first-order valence-corrected chi connectivity index (χ1v) is 9.00. The summed E-state index contributed by atoms with van der Waals surface area (Å²) in [5, 5.41) is 0. The van der Waals surface area contributed by atoms with Crippen molar-refractivity contribution in [1.82, 2.24) is 0 Å². The van der Waals surface area contributed by atoms with Crippen molar-refractivity contribution in [2.24, 2.45) is 11.8 Å². The second-order valence-electron chi connectivity index (χ2n) is 5.54. The van der Waals surface area contributed by atoms with Crippen molar-refractivity contribution in [2.45, 2.75) is 39.9 Å². The van der Waals surface area contributed by atoms with Gasteiger partial charge in [0.15, 0.2) is 17.8 Å². The Morgan fingerprint density at radius 1 is 1.14 bits per heavy atom. The molecule has 120 valence electrons. The Labute approximate surface area is 142 Å². The maximum atomic E-state index is 5.90. The van der Waals surface area contributed by atoms with E-state index in [4.69, 9.17) is 14.2 Å². The van der Waals surface area contributed by atoms with Crippen molar-refractivity contribution < 1.29 is 14.2 Å². The Bertz CT molecular complexity index is 416. The molecular formula is C17H27IO3. The zero-order valence-electron chi connectivity index (χ0n) is 13.7. The van der Waals surface area contributed by atoms with Crippen LogP contribution in [0.15, 0.2) is 18.2 Å². The molecule has 0 saturated carbocycles. The molecule has 21 heavy (non-hydrogen) atoms. The zero-order chi connectivity index (χ0) is 15.8. The number of alkyl halides is 1. The summed E-state index contributed by atoms with van der Waals surface area (Å²) in [6.07, 6.45) is 1.62. The largest absolute Gasteiger partial charge is 0.493 e. The van der Waals surface area contributed by atoms with E-state index in [0.717, 1.165) is 28.8 Å². The third-order valence-corrected chi connectivity index (χ3v) is 4.85. The SMILES string of the molecule is CCC(OC)Oc1cc(CC(CI)C(C)C)ccc1OC. The van der Waals surface area contributed by atoms with Crippen LogP contribution < -0.4 is 9.47 Å². The van der Waals surface area contributed by atoms with E-state index in [0.29, 0.717) is 11.8 Å². The summed E-state index contributed by atoms with van der Waals surface area (Å²) in [6, 6.07) is 6.20. The van der Waals surface area contributed by atoms with Gasteiger partial charge in [-0.1, -0.05) is 49.4 Å². The normalized spacial score (nSPS) is 14.0. The van der Waals surface area contributed by atoms with Gasteiger partial charge in [0.05, 0.1) is 7.11 Å². The van der Waals surface area contributed by atoms with Gasteiger partial charge in [-0.15, -0.1) is 0 Å². The molecule has 0 heterocycles. The van der Waals surface area contributed by atoms with Crippen LogP contribution in [0.2, 0.25) is 0 Å². The van der Waals surface area contributed by atoms with E-state index >= 15 is 0 Å². The molecule has 2 atom stereocenters. The van der Waals surface area contributed by atoms with E-state index in [1.165, 1.54) is 5.56 Å². The van der Waals surface area contributed by atoms with E-state index in [9.17, 15) is 0 Å². The van der Waals surface area contributed by atoms with Gasteiger partial charge in [0.1, 0.15) is 0 Å². The molecule has 0 radical (unpaired) electrons. The minimum atomic E-state index is -0.236. The van der Waals surface area contributed by atoms with Crippen molar-refractivity contribution in [3.8, 4) is 11.5 Å². The Morgan fingerprint density at radius 2 is 1.86 bits per heavy atom. The highest BCUT2D eigenvalue weighted by molar-refractivity contribution is 14.1. The van der Waals surface area contributed by atoms with Crippen molar-refractivity contribution in [3.63, 3.8) is 0 Å². The molecule has 3 nitrogen and oxygen atoms in total. The first kappa shape index (κ1) is 18.6. The van der Waals surface area contributed by atoms with Gasteiger partial charge in [-0.2, -0.15) is 0 Å². The topological polar surface area (TPSA) is 27.7 Å². The fourth-order valence-corrected chi connectivity index (χ4v) is 3.48. The molecule has 0 bridgehead atoms. The molecule has 1 aromatic carbocycles. The molecule has 2 unspecified atom stereocenters. The van der Waals surface area contributed by atoms with Gasteiger partial charge in [-0.05, 0) is 36.0 Å². The van der Waals surface area contributed by atoms with Crippen molar-refractivity contribution in [3.05, 3.63) is 23.8 Å².